The van der Waals surface area contributed by atoms with Crippen LogP contribution in [0.3, 0.4) is 0 Å². The van der Waals surface area contributed by atoms with Crippen molar-refractivity contribution in [3.63, 3.8) is 0 Å². The van der Waals surface area contributed by atoms with Gasteiger partial charge in [-0.05, 0) is 30.5 Å². The summed E-state index contributed by atoms with van der Waals surface area (Å²) in [7, 11) is -3.58. The number of carbonyl (C=O) groups is 1. The second kappa shape index (κ2) is 6.19. The van der Waals surface area contributed by atoms with Gasteiger partial charge >= 0.3 is 0 Å². The van der Waals surface area contributed by atoms with Gasteiger partial charge in [-0.2, -0.15) is 0 Å². The zero-order valence-electron chi connectivity index (χ0n) is 12.7. The van der Waals surface area contributed by atoms with Gasteiger partial charge in [0.2, 0.25) is 15.5 Å². The van der Waals surface area contributed by atoms with Gasteiger partial charge in [-0.25, -0.2) is 13.6 Å². The molecule has 9 heteroatoms. The van der Waals surface area contributed by atoms with Crippen molar-refractivity contribution in [3.05, 3.63) is 45.2 Å². The highest BCUT2D eigenvalue weighted by atomic mass is 35.5. The van der Waals surface area contributed by atoms with Gasteiger partial charge < -0.3 is 9.88 Å². The molecular weight excluding hydrogens is 354 g/mol. The minimum absolute atomic E-state index is 0.0288. The van der Waals surface area contributed by atoms with E-state index in [0.29, 0.717) is 28.9 Å². The van der Waals surface area contributed by atoms with Crippen LogP contribution >= 0.6 is 11.6 Å². The van der Waals surface area contributed by atoms with Gasteiger partial charge in [0.05, 0.1) is 11.3 Å². The van der Waals surface area contributed by atoms with Gasteiger partial charge in [-0.3, -0.25) is 9.59 Å². The van der Waals surface area contributed by atoms with E-state index in [2.05, 4.69) is 4.98 Å². The lowest BCUT2D eigenvalue weighted by molar-refractivity contribution is 0.0786. The fourth-order valence-electron chi connectivity index (χ4n) is 3.01. The number of pyridine rings is 1. The van der Waals surface area contributed by atoms with E-state index in [4.69, 9.17) is 16.7 Å². The molecule has 1 aromatic carbocycles. The molecule has 1 aliphatic rings. The number of benzene rings is 1. The quantitative estimate of drug-likeness (QED) is 0.837. The van der Waals surface area contributed by atoms with E-state index in [0.717, 1.165) is 0 Å². The van der Waals surface area contributed by atoms with Crippen LogP contribution in [0.25, 0.3) is 10.9 Å². The Hall–Kier alpha value is -1.90. The van der Waals surface area contributed by atoms with Gasteiger partial charge in [0.25, 0.3) is 5.91 Å². The monoisotopic (exact) mass is 369 g/mol. The maximum Gasteiger partial charge on any atom is 0.259 e. The van der Waals surface area contributed by atoms with Gasteiger partial charge in [0.1, 0.15) is 5.56 Å². The van der Waals surface area contributed by atoms with E-state index in [1.807, 2.05) is 0 Å². The van der Waals surface area contributed by atoms with Crippen molar-refractivity contribution in [1.82, 2.24) is 9.88 Å². The third kappa shape index (κ3) is 3.45. The van der Waals surface area contributed by atoms with Crippen LogP contribution in [0, 0.1) is 5.92 Å². The number of primary sulfonamides is 1. The molecule has 1 atom stereocenters. The van der Waals surface area contributed by atoms with Crippen LogP contribution in [0.1, 0.15) is 16.8 Å². The van der Waals surface area contributed by atoms with Crippen molar-refractivity contribution in [1.29, 1.82) is 0 Å². The number of nitrogens with two attached hydrogens (primary N) is 1. The summed E-state index contributed by atoms with van der Waals surface area (Å²) in [6, 6.07) is 4.77. The molecule has 1 aromatic heterocycles. The zero-order chi connectivity index (χ0) is 17.5. The number of hydrogen-bond acceptors (Lipinski definition) is 4. The second-order valence-corrected chi connectivity index (χ2v) is 8.05. The highest BCUT2D eigenvalue weighted by Gasteiger charge is 2.30. The molecule has 0 saturated carbocycles. The number of rotatable bonds is 3. The maximum absolute atomic E-state index is 12.6. The SMILES string of the molecule is NS(=O)(=O)CC1CCN(C(=O)c2c[nH]c3cc(Cl)ccc3c2=O)C1. The fraction of sp³-hybridized carbons (Fsp3) is 0.333. The number of carbonyl (C=O) groups excluding carboxylic acids is 1. The number of sulfonamides is 1. The van der Waals surface area contributed by atoms with E-state index < -0.39 is 15.9 Å². The number of nitrogens with one attached hydrogen (secondary N) is 1. The Balaban J connectivity index is 1.86. The van der Waals surface area contributed by atoms with Crippen LogP contribution in [0.15, 0.2) is 29.2 Å². The van der Waals surface area contributed by atoms with Gasteiger partial charge in [0.15, 0.2) is 0 Å². The van der Waals surface area contributed by atoms with E-state index in [1.54, 1.807) is 18.2 Å². The standard InChI is InChI=1S/C15H16ClN3O4S/c16-10-1-2-11-13(5-10)18-6-12(14(11)20)15(21)19-4-3-9(7-19)8-24(17,22)23/h1-2,5-6,9H,3-4,7-8H2,(H,18,20)(H2,17,22,23). The molecular formula is C15H16ClN3O4S. The lowest BCUT2D eigenvalue weighted by Gasteiger charge is -2.16. The van der Waals surface area contributed by atoms with Crippen LogP contribution in [0.2, 0.25) is 5.02 Å². The number of fused-ring (bicyclic) bond motifs is 1. The van der Waals surface area contributed by atoms with E-state index in [1.165, 1.54) is 11.1 Å². The first-order valence-electron chi connectivity index (χ1n) is 7.35. The third-order valence-corrected chi connectivity index (χ3v) is 5.29. The Kier molecular flexibility index (Phi) is 4.37. The average Bonchev–Trinajstić information content (AvgIpc) is 2.93. The van der Waals surface area contributed by atoms with Crippen LogP contribution in [-0.2, 0) is 10.0 Å². The number of aromatic amines is 1. The molecule has 1 saturated heterocycles. The smallest absolute Gasteiger partial charge is 0.259 e. The predicted octanol–water partition coefficient (Wildman–Crippen LogP) is 0.932. The molecule has 2 aromatic rings. The summed E-state index contributed by atoms with van der Waals surface area (Å²) < 4.78 is 22.3. The van der Waals surface area contributed by atoms with Crippen molar-refractivity contribution >= 4 is 38.4 Å². The molecule has 7 nitrogen and oxygen atoms in total. The van der Waals surface area contributed by atoms with Crippen molar-refractivity contribution in [2.24, 2.45) is 11.1 Å². The molecule has 0 spiro atoms. The first-order valence-corrected chi connectivity index (χ1v) is 9.44. The van der Waals surface area contributed by atoms with Crippen molar-refractivity contribution in [3.8, 4) is 0 Å². The lowest BCUT2D eigenvalue weighted by Crippen LogP contribution is -2.33. The Bertz CT molecular complexity index is 970. The normalized spacial score (nSPS) is 18.2. The molecule has 24 heavy (non-hydrogen) atoms. The van der Waals surface area contributed by atoms with Crippen molar-refractivity contribution in [2.75, 3.05) is 18.8 Å². The number of H-pyrrole nitrogens is 1. The fourth-order valence-corrected chi connectivity index (χ4v) is 4.11. The van der Waals surface area contributed by atoms with E-state index in [9.17, 15) is 18.0 Å². The molecule has 2 heterocycles. The Morgan fingerprint density at radius 1 is 1.42 bits per heavy atom. The van der Waals surface area contributed by atoms with E-state index >= 15 is 0 Å². The van der Waals surface area contributed by atoms with Crippen molar-refractivity contribution in [2.45, 2.75) is 6.42 Å². The van der Waals surface area contributed by atoms with Crippen LogP contribution < -0.4 is 10.6 Å². The lowest BCUT2D eigenvalue weighted by atomic mass is 10.1. The van der Waals surface area contributed by atoms with Gasteiger partial charge in [-0.15, -0.1) is 0 Å². The average molecular weight is 370 g/mol. The summed E-state index contributed by atoms with van der Waals surface area (Å²) >= 11 is 5.89. The van der Waals surface area contributed by atoms with E-state index in [-0.39, 0.29) is 29.2 Å². The van der Waals surface area contributed by atoms with Crippen molar-refractivity contribution < 1.29 is 13.2 Å². The van der Waals surface area contributed by atoms with Gasteiger partial charge in [0, 0.05) is 29.7 Å². The largest absolute Gasteiger partial charge is 0.360 e. The number of nitrogens with zero attached hydrogens (tertiary/aromatic N) is 1. The highest BCUT2D eigenvalue weighted by molar-refractivity contribution is 7.89. The molecule has 3 rings (SSSR count). The summed E-state index contributed by atoms with van der Waals surface area (Å²) in [5, 5.41) is 5.92. The summed E-state index contributed by atoms with van der Waals surface area (Å²) in [6.45, 7) is 0.671. The highest BCUT2D eigenvalue weighted by Crippen LogP contribution is 2.20. The number of halogens is 1. The number of aromatic nitrogens is 1. The number of hydrogen-bond donors (Lipinski definition) is 2. The first kappa shape index (κ1) is 16.9. The molecule has 128 valence electrons. The zero-order valence-corrected chi connectivity index (χ0v) is 14.2. The number of likely N-dealkylation sites (tertiary alicyclic amines) is 1. The Morgan fingerprint density at radius 3 is 2.88 bits per heavy atom. The summed E-state index contributed by atoms with van der Waals surface area (Å²) in [6.07, 6.45) is 1.92. The molecule has 1 unspecified atom stereocenters. The number of amides is 1. The topological polar surface area (TPSA) is 113 Å². The van der Waals surface area contributed by atoms with Crippen LogP contribution in [0.5, 0.6) is 0 Å². The first-order chi connectivity index (χ1) is 11.2. The molecule has 0 radical (unpaired) electrons. The molecule has 0 aliphatic carbocycles. The third-order valence-electron chi connectivity index (χ3n) is 4.11. The molecule has 1 fully saturated rings. The minimum Gasteiger partial charge on any atom is -0.360 e. The van der Waals surface area contributed by atoms with Gasteiger partial charge in [-0.1, -0.05) is 11.6 Å². The molecule has 0 bridgehead atoms. The summed E-state index contributed by atoms with van der Waals surface area (Å²) in [5.74, 6) is -0.782. The Morgan fingerprint density at radius 2 is 2.17 bits per heavy atom. The molecule has 1 amide bonds. The molecule has 3 N–H and O–H groups in total. The Labute approximate surface area is 143 Å². The second-order valence-electron chi connectivity index (χ2n) is 5.96. The maximum atomic E-state index is 12.6. The minimum atomic E-state index is -3.58. The van der Waals surface area contributed by atoms with Crippen LogP contribution in [-0.4, -0.2) is 43.1 Å². The summed E-state index contributed by atoms with van der Waals surface area (Å²) in [4.78, 5) is 29.5. The predicted molar refractivity (Wildman–Crippen MR) is 91.6 cm³/mol. The summed E-state index contributed by atoms with van der Waals surface area (Å²) in [5.41, 5.74) is 0.207. The van der Waals surface area contributed by atoms with Crippen LogP contribution in [0.4, 0.5) is 0 Å². The molecule has 1 aliphatic heterocycles.